The molecule has 0 heterocycles. The summed E-state index contributed by atoms with van der Waals surface area (Å²) in [7, 11) is 0. The van der Waals surface area contributed by atoms with Gasteiger partial charge in [-0.3, -0.25) is 0 Å². The first-order valence-electron chi connectivity index (χ1n) is 9.32. The number of aliphatic hydroxyl groups excluding tert-OH is 6. The molecule has 0 amide bonds. The van der Waals surface area contributed by atoms with E-state index in [2.05, 4.69) is 0 Å². The molecule has 0 aromatic heterocycles. The Hall–Kier alpha value is -0.240. The first kappa shape index (κ1) is 23.8. The summed E-state index contributed by atoms with van der Waals surface area (Å²) in [6, 6.07) is 0. The van der Waals surface area contributed by atoms with Gasteiger partial charge in [-0.2, -0.15) is 0 Å². The van der Waals surface area contributed by atoms with Crippen LogP contribution in [-0.2, 0) is 0 Å². The fraction of sp³-hybridized carbons (Fsp3) is 1.00. The highest BCUT2D eigenvalue weighted by Gasteiger charge is 2.16. The molecule has 0 aromatic rings. The van der Waals surface area contributed by atoms with Gasteiger partial charge in [-0.15, -0.1) is 0 Å². The average molecular weight is 350 g/mol. The summed E-state index contributed by atoms with van der Waals surface area (Å²) >= 11 is 0. The van der Waals surface area contributed by atoms with Crippen LogP contribution in [0.5, 0.6) is 0 Å². The summed E-state index contributed by atoms with van der Waals surface area (Å²) in [5.41, 5.74) is 0. The van der Waals surface area contributed by atoms with Crippen LogP contribution in [0.1, 0.15) is 78.1 Å². The van der Waals surface area contributed by atoms with Crippen LogP contribution in [0.4, 0.5) is 0 Å². The lowest BCUT2D eigenvalue weighted by Crippen LogP contribution is -2.22. The molecule has 0 radical (unpaired) electrons. The second-order valence-electron chi connectivity index (χ2n) is 7.10. The third-order valence-electron chi connectivity index (χ3n) is 4.32. The molecule has 0 aliphatic rings. The van der Waals surface area contributed by atoms with Crippen LogP contribution in [0.15, 0.2) is 0 Å². The zero-order valence-electron chi connectivity index (χ0n) is 15.2. The monoisotopic (exact) mass is 350 g/mol. The maximum atomic E-state index is 9.91. The van der Waals surface area contributed by atoms with Gasteiger partial charge >= 0.3 is 0 Å². The lowest BCUT2D eigenvalue weighted by atomic mass is 9.98. The Balaban J connectivity index is 3.71. The van der Waals surface area contributed by atoms with Crippen molar-refractivity contribution in [2.24, 2.45) is 0 Å². The molecule has 0 spiro atoms. The summed E-state index contributed by atoms with van der Waals surface area (Å²) in [6.07, 6.45) is 1.63. The van der Waals surface area contributed by atoms with Crippen molar-refractivity contribution in [2.75, 3.05) is 0 Å². The highest BCUT2D eigenvalue weighted by atomic mass is 16.3. The molecule has 6 heteroatoms. The third kappa shape index (κ3) is 14.1. The van der Waals surface area contributed by atoms with E-state index in [-0.39, 0.29) is 18.9 Å². The zero-order valence-corrected chi connectivity index (χ0v) is 15.2. The van der Waals surface area contributed by atoms with Crippen molar-refractivity contribution in [3.8, 4) is 0 Å². The van der Waals surface area contributed by atoms with Crippen molar-refractivity contribution in [1.82, 2.24) is 0 Å². The van der Waals surface area contributed by atoms with Gasteiger partial charge in [0.05, 0.1) is 36.6 Å². The smallest absolute Gasteiger partial charge is 0.0589 e. The average Bonchev–Trinajstić information content (AvgIpc) is 2.45. The molecule has 6 nitrogen and oxygen atoms in total. The quantitative estimate of drug-likeness (QED) is 0.263. The van der Waals surface area contributed by atoms with Crippen LogP contribution in [0.25, 0.3) is 0 Å². The largest absolute Gasteiger partial charge is 0.393 e. The van der Waals surface area contributed by atoms with Crippen LogP contribution < -0.4 is 0 Å². The first-order chi connectivity index (χ1) is 11.2. The van der Waals surface area contributed by atoms with Gasteiger partial charge in [-0.05, 0) is 71.1 Å². The summed E-state index contributed by atoms with van der Waals surface area (Å²) < 4.78 is 0. The van der Waals surface area contributed by atoms with Gasteiger partial charge in [0, 0.05) is 0 Å². The minimum absolute atomic E-state index is 0.226. The minimum Gasteiger partial charge on any atom is -0.393 e. The van der Waals surface area contributed by atoms with Crippen molar-refractivity contribution in [1.29, 1.82) is 0 Å². The Morgan fingerprint density at radius 1 is 0.542 bits per heavy atom. The van der Waals surface area contributed by atoms with E-state index < -0.39 is 30.5 Å². The van der Waals surface area contributed by atoms with E-state index in [1.807, 2.05) is 6.92 Å². The van der Waals surface area contributed by atoms with Crippen LogP contribution in [0.2, 0.25) is 0 Å². The Morgan fingerprint density at radius 2 is 0.917 bits per heavy atom. The molecular formula is C18H38O6. The predicted molar refractivity (Wildman–Crippen MR) is 93.6 cm³/mol. The van der Waals surface area contributed by atoms with E-state index in [1.54, 1.807) is 6.92 Å². The number of rotatable bonds is 15. The van der Waals surface area contributed by atoms with Gasteiger partial charge in [-0.1, -0.05) is 6.92 Å². The third-order valence-corrected chi connectivity index (χ3v) is 4.32. The minimum atomic E-state index is -0.717. The van der Waals surface area contributed by atoms with Crippen molar-refractivity contribution >= 4 is 0 Å². The molecular weight excluding hydrogens is 312 g/mol. The Labute approximate surface area is 146 Å². The van der Waals surface area contributed by atoms with E-state index in [4.69, 9.17) is 5.11 Å². The molecule has 24 heavy (non-hydrogen) atoms. The molecule has 6 atom stereocenters. The Morgan fingerprint density at radius 3 is 1.29 bits per heavy atom. The summed E-state index contributed by atoms with van der Waals surface area (Å²) in [4.78, 5) is 0. The predicted octanol–water partition coefficient (Wildman–Crippen LogP) is 1.09. The summed E-state index contributed by atoms with van der Waals surface area (Å²) in [5, 5.41) is 57.8. The molecule has 146 valence electrons. The van der Waals surface area contributed by atoms with Crippen LogP contribution in [-0.4, -0.2) is 67.3 Å². The van der Waals surface area contributed by atoms with Crippen molar-refractivity contribution in [2.45, 2.75) is 115 Å². The second kappa shape index (κ2) is 14.0. The Bertz CT molecular complexity index is 287. The lowest BCUT2D eigenvalue weighted by Gasteiger charge is -2.19. The molecule has 6 N–H and O–H groups in total. The van der Waals surface area contributed by atoms with E-state index in [1.165, 1.54) is 0 Å². The van der Waals surface area contributed by atoms with Gasteiger partial charge in [0.15, 0.2) is 0 Å². The topological polar surface area (TPSA) is 121 Å². The van der Waals surface area contributed by atoms with Crippen molar-refractivity contribution < 1.29 is 30.6 Å². The standard InChI is InChI=1S/C18H38O6/c1-3-14(20)6-4-7-15(21)11-16(22)8-5-9-17(23)12-18(24)10-13(2)19/h13-24H,3-12H2,1-2H3. The van der Waals surface area contributed by atoms with E-state index >= 15 is 0 Å². The SMILES string of the molecule is CCC(O)CCCC(O)CC(O)CCCC(O)CC(O)CC(C)O. The van der Waals surface area contributed by atoms with Crippen molar-refractivity contribution in [3.05, 3.63) is 0 Å². The number of aliphatic hydroxyl groups is 6. The van der Waals surface area contributed by atoms with Crippen molar-refractivity contribution in [3.63, 3.8) is 0 Å². The second-order valence-corrected chi connectivity index (χ2v) is 7.10. The Kier molecular flexibility index (Phi) is 13.8. The summed E-state index contributed by atoms with van der Waals surface area (Å²) in [6.45, 7) is 3.52. The highest BCUT2D eigenvalue weighted by Crippen LogP contribution is 2.15. The first-order valence-corrected chi connectivity index (χ1v) is 9.32. The maximum absolute atomic E-state index is 9.91. The fourth-order valence-corrected chi connectivity index (χ4v) is 2.85. The normalized spacial score (nSPS) is 19.5. The number of hydrogen-bond donors (Lipinski definition) is 6. The summed E-state index contributed by atoms with van der Waals surface area (Å²) in [5.74, 6) is 0. The van der Waals surface area contributed by atoms with Gasteiger partial charge in [-0.25, -0.2) is 0 Å². The van der Waals surface area contributed by atoms with Gasteiger partial charge in [0.25, 0.3) is 0 Å². The van der Waals surface area contributed by atoms with Gasteiger partial charge < -0.3 is 30.6 Å². The van der Waals surface area contributed by atoms with Crippen LogP contribution in [0.3, 0.4) is 0 Å². The van der Waals surface area contributed by atoms with Crippen LogP contribution in [0, 0.1) is 0 Å². The molecule has 0 aliphatic carbocycles. The zero-order chi connectivity index (χ0) is 18.5. The molecule has 0 aliphatic heterocycles. The molecule has 0 saturated carbocycles. The molecule has 0 saturated heterocycles. The maximum Gasteiger partial charge on any atom is 0.0589 e. The van der Waals surface area contributed by atoms with E-state index in [0.717, 1.165) is 6.42 Å². The van der Waals surface area contributed by atoms with Crippen LogP contribution >= 0.6 is 0 Å². The number of hydrogen-bond acceptors (Lipinski definition) is 6. The molecule has 6 unspecified atom stereocenters. The van der Waals surface area contributed by atoms with Gasteiger partial charge in [0.1, 0.15) is 0 Å². The van der Waals surface area contributed by atoms with Gasteiger partial charge in [0.2, 0.25) is 0 Å². The van der Waals surface area contributed by atoms with E-state index in [0.29, 0.717) is 44.9 Å². The fourth-order valence-electron chi connectivity index (χ4n) is 2.85. The molecule has 0 fully saturated rings. The highest BCUT2D eigenvalue weighted by molar-refractivity contribution is 4.69. The molecule has 0 aromatic carbocycles. The lowest BCUT2D eigenvalue weighted by molar-refractivity contribution is 0.0373. The molecule has 0 rings (SSSR count). The van der Waals surface area contributed by atoms with E-state index in [9.17, 15) is 25.5 Å². The molecule has 0 bridgehead atoms.